The van der Waals surface area contributed by atoms with E-state index in [1.54, 1.807) is 24.1 Å². The molecule has 0 unspecified atom stereocenters. The molecular formula is C29H33N5O2S. The highest BCUT2D eigenvalue weighted by Crippen LogP contribution is 2.32. The van der Waals surface area contributed by atoms with Gasteiger partial charge in [-0.25, -0.2) is 0 Å². The van der Waals surface area contributed by atoms with Crippen LogP contribution in [0.3, 0.4) is 0 Å². The lowest BCUT2D eigenvalue weighted by molar-refractivity contribution is 0.0999. The predicted molar refractivity (Wildman–Crippen MR) is 153 cm³/mol. The SMILES string of the molecule is CNSCCNc1ccc(-c2ccccc2)cc1-c1ccn(Cc2cc(OC(C)C)cc(C(N)=O)c2)n1. The van der Waals surface area contributed by atoms with Crippen LogP contribution in [0.4, 0.5) is 5.69 Å². The molecule has 4 rings (SSSR count). The number of nitrogens with two attached hydrogens (primary N) is 1. The van der Waals surface area contributed by atoms with Gasteiger partial charge in [-0.2, -0.15) is 5.10 Å². The fraction of sp³-hybridized carbons (Fsp3) is 0.241. The van der Waals surface area contributed by atoms with E-state index in [-0.39, 0.29) is 6.10 Å². The average molecular weight is 516 g/mol. The van der Waals surface area contributed by atoms with E-state index in [9.17, 15) is 4.79 Å². The Balaban J connectivity index is 1.64. The van der Waals surface area contributed by atoms with E-state index in [4.69, 9.17) is 15.6 Å². The molecule has 0 aliphatic carbocycles. The van der Waals surface area contributed by atoms with Crippen LogP contribution in [0.25, 0.3) is 22.4 Å². The largest absolute Gasteiger partial charge is 0.491 e. The summed E-state index contributed by atoms with van der Waals surface area (Å²) in [6, 6.07) is 24.2. The van der Waals surface area contributed by atoms with Crippen LogP contribution in [0.2, 0.25) is 0 Å². The number of anilines is 1. The summed E-state index contributed by atoms with van der Waals surface area (Å²) in [5.41, 5.74) is 12.1. The Morgan fingerprint density at radius 1 is 1.05 bits per heavy atom. The zero-order valence-corrected chi connectivity index (χ0v) is 22.2. The van der Waals surface area contributed by atoms with Gasteiger partial charge >= 0.3 is 0 Å². The van der Waals surface area contributed by atoms with Gasteiger partial charge in [0.05, 0.1) is 18.3 Å². The summed E-state index contributed by atoms with van der Waals surface area (Å²) in [5.74, 6) is 1.07. The highest BCUT2D eigenvalue weighted by Gasteiger charge is 2.13. The van der Waals surface area contributed by atoms with Crippen LogP contribution in [0.15, 0.2) is 79.0 Å². The fourth-order valence-electron chi connectivity index (χ4n) is 4.07. The van der Waals surface area contributed by atoms with Gasteiger partial charge in [0, 0.05) is 35.3 Å². The number of rotatable bonds is 12. The van der Waals surface area contributed by atoms with E-state index in [0.717, 1.165) is 45.9 Å². The summed E-state index contributed by atoms with van der Waals surface area (Å²) >= 11 is 1.67. The number of amides is 1. The maximum absolute atomic E-state index is 11.9. The van der Waals surface area contributed by atoms with Gasteiger partial charge in [-0.05, 0) is 74.0 Å². The molecule has 0 radical (unpaired) electrons. The third kappa shape index (κ3) is 7.15. The zero-order valence-electron chi connectivity index (χ0n) is 21.4. The molecule has 0 atom stereocenters. The number of primary amides is 1. The molecule has 0 saturated heterocycles. The number of nitrogens with one attached hydrogen (secondary N) is 2. The number of hydrogen-bond donors (Lipinski definition) is 3. The first kappa shape index (κ1) is 26.3. The Hall–Kier alpha value is -3.75. The molecule has 4 aromatic rings. The molecule has 192 valence electrons. The van der Waals surface area contributed by atoms with Crippen LogP contribution in [-0.4, -0.2) is 41.1 Å². The van der Waals surface area contributed by atoms with Crippen LogP contribution in [0.5, 0.6) is 5.75 Å². The molecule has 0 fully saturated rings. The predicted octanol–water partition coefficient (Wildman–Crippen LogP) is 5.43. The Morgan fingerprint density at radius 2 is 1.86 bits per heavy atom. The highest BCUT2D eigenvalue weighted by molar-refractivity contribution is 7.97. The van der Waals surface area contributed by atoms with E-state index in [2.05, 4.69) is 40.4 Å². The van der Waals surface area contributed by atoms with Gasteiger partial charge in [-0.3, -0.25) is 14.2 Å². The van der Waals surface area contributed by atoms with Crippen molar-refractivity contribution in [1.82, 2.24) is 14.5 Å². The molecule has 0 bridgehead atoms. The second kappa shape index (κ2) is 12.5. The minimum atomic E-state index is -0.485. The highest BCUT2D eigenvalue weighted by atomic mass is 32.2. The summed E-state index contributed by atoms with van der Waals surface area (Å²) < 4.78 is 10.8. The van der Waals surface area contributed by atoms with Crippen molar-refractivity contribution >= 4 is 23.5 Å². The van der Waals surface area contributed by atoms with Gasteiger partial charge in [0.1, 0.15) is 5.75 Å². The number of nitrogens with zero attached hydrogens (tertiary/aromatic N) is 2. The van der Waals surface area contributed by atoms with E-state index in [1.807, 2.05) is 62.1 Å². The minimum absolute atomic E-state index is 0.0124. The molecule has 7 nitrogen and oxygen atoms in total. The van der Waals surface area contributed by atoms with Crippen molar-refractivity contribution < 1.29 is 9.53 Å². The summed E-state index contributed by atoms with van der Waals surface area (Å²) in [6.45, 7) is 5.20. The van der Waals surface area contributed by atoms with Gasteiger partial charge in [0.25, 0.3) is 0 Å². The van der Waals surface area contributed by atoms with E-state index >= 15 is 0 Å². The first-order valence-corrected chi connectivity index (χ1v) is 13.3. The third-order valence-corrected chi connectivity index (χ3v) is 6.37. The van der Waals surface area contributed by atoms with Crippen molar-refractivity contribution in [1.29, 1.82) is 0 Å². The molecule has 0 aliphatic heterocycles. The van der Waals surface area contributed by atoms with Crippen LogP contribution >= 0.6 is 11.9 Å². The molecule has 1 heterocycles. The molecule has 0 spiro atoms. The minimum Gasteiger partial charge on any atom is -0.491 e. The summed E-state index contributed by atoms with van der Waals surface area (Å²) in [4.78, 5) is 11.9. The molecule has 8 heteroatoms. The van der Waals surface area contributed by atoms with Crippen molar-refractivity contribution in [3.05, 3.63) is 90.1 Å². The van der Waals surface area contributed by atoms with Crippen molar-refractivity contribution in [2.24, 2.45) is 5.73 Å². The van der Waals surface area contributed by atoms with E-state index in [1.165, 1.54) is 0 Å². The molecule has 37 heavy (non-hydrogen) atoms. The van der Waals surface area contributed by atoms with E-state index in [0.29, 0.717) is 17.9 Å². The maximum Gasteiger partial charge on any atom is 0.248 e. The molecular weight excluding hydrogens is 482 g/mol. The van der Waals surface area contributed by atoms with E-state index < -0.39 is 5.91 Å². The Labute approximate surface area is 222 Å². The van der Waals surface area contributed by atoms with Crippen LogP contribution in [0.1, 0.15) is 29.8 Å². The quantitative estimate of drug-likeness (QED) is 0.172. The Kier molecular flexibility index (Phi) is 8.87. The standard InChI is InChI=1S/C29H33N5O2S/c1-20(2)36-25-16-21(15-24(17-25)29(30)35)19-34-13-11-28(33-34)26-18-23(22-7-5-4-6-8-22)9-10-27(26)32-12-14-37-31-3/h4-11,13,15-18,20,31-32H,12,14,19H2,1-3H3,(H2,30,35). The van der Waals surface area contributed by atoms with Crippen molar-refractivity contribution in [2.45, 2.75) is 26.5 Å². The molecule has 4 N–H and O–H groups in total. The molecule has 1 aromatic heterocycles. The average Bonchev–Trinajstić information content (AvgIpc) is 3.35. The fourth-order valence-corrected chi connectivity index (χ4v) is 4.48. The number of aromatic nitrogens is 2. The lowest BCUT2D eigenvalue weighted by Gasteiger charge is -2.14. The summed E-state index contributed by atoms with van der Waals surface area (Å²) in [7, 11) is 1.93. The van der Waals surface area contributed by atoms with Gasteiger partial charge in [0.15, 0.2) is 0 Å². The first-order chi connectivity index (χ1) is 17.9. The normalized spacial score (nSPS) is 11.0. The third-order valence-electron chi connectivity index (χ3n) is 5.67. The molecule has 1 amide bonds. The zero-order chi connectivity index (χ0) is 26.2. The van der Waals surface area contributed by atoms with Gasteiger partial charge in [-0.15, -0.1) is 0 Å². The number of ether oxygens (including phenoxy) is 1. The lowest BCUT2D eigenvalue weighted by Crippen LogP contribution is -2.13. The number of carbonyl (C=O) groups excluding carboxylic acids is 1. The van der Waals surface area contributed by atoms with Gasteiger partial charge in [0.2, 0.25) is 5.91 Å². The van der Waals surface area contributed by atoms with Crippen LogP contribution in [0, 0.1) is 0 Å². The monoisotopic (exact) mass is 515 g/mol. The van der Waals surface area contributed by atoms with Crippen molar-refractivity contribution in [3.63, 3.8) is 0 Å². The van der Waals surface area contributed by atoms with Gasteiger partial charge < -0.3 is 15.8 Å². The first-order valence-electron chi connectivity index (χ1n) is 12.3. The van der Waals surface area contributed by atoms with Crippen molar-refractivity contribution in [3.8, 4) is 28.1 Å². The summed E-state index contributed by atoms with van der Waals surface area (Å²) in [5, 5.41) is 8.43. The molecule has 0 aliphatic rings. The molecule has 3 aromatic carbocycles. The Bertz CT molecular complexity index is 1340. The van der Waals surface area contributed by atoms with Crippen LogP contribution < -0.4 is 20.5 Å². The number of hydrogen-bond acceptors (Lipinski definition) is 6. The summed E-state index contributed by atoms with van der Waals surface area (Å²) in [6.07, 6.45) is 1.94. The lowest BCUT2D eigenvalue weighted by atomic mass is 10.00. The Morgan fingerprint density at radius 3 is 2.59 bits per heavy atom. The maximum atomic E-state index is 11.9. The van der Waals surface area contributed by atoms with Gasteiger partial charge in [-0.1, -0.05) is 48.3 Å². The van der Waals surface area contributed by atoms with Crippen molar-refractivity contribution in [2.75, 3.05) is 24.7 Å². The number of benzene rings is 3. The topological polar surface area (TPSA) is 94.2 Å². The molecule has 0 saturated carbocycles. The second-order valence-corrected chi connectivity index (χ2v) is 10.0. The smallest absolute Gasteiger partial charge is 0.248 e. The van der Waals surface area contributed by atoms with Crippen LogP contribution in [-0.2, 0) is 6.54 Å². The number of carbonyl (C=O) groups is 1. The second-order valence-electron chi connectivity index (χ2n) is 8.90.